The molecule has 0 saturated heterocycles. The smallest absolute Gasteiger partial charge is 0.170 e. The molecule has 0 fully saturated rings. The van der Waals surface area contributed by atoms with Crippen molar-refractivity contribution >= 4 is 34.6 Å². The normalized spacial score (nSPS) is 10.2. The maximum Gasteiger partial charge on any atom is 0.170 e. The molecule has 0 amide bonds. The molecule has 3 nitrogen and oxygen atoms in total. The number of anilines is 1. The zero-order chi connectivity index (χ0) is 16.5. The van der Waals surface area contributed by atoms with Crippen LogP contribution in [0.25, 0.3) is 0 Å². The molecule has 0 heterocycles. The highest BCUT2D eigenvalue weighted by Crippen LogP contribution is 2.19. The largest absolute Gasteiger partial charge is 0.494 e. The summed E-state index contributed by atoms with van der Waals surface area (Å²) in [5, 5.41) is 7.62. The number of hydrogen-bond acceptors (Lipinski definition) is 2. The molecule has 122 valence electrons. The first-order chi connectivity index (χ1) is 11.2. The van der Waals surface area contributed by atoms with Gasteiger partial charge in [-0.25, -0.2) is 0 Å². The van der Waals surface area contributed by atoms with E-state index in [1.165, 1.54) is 5.56 Å². The topological polar surface area (TPSA) is 33.3 Å². The van der Waals surface area contributed by atoms with Crippen molar-refractivity contribution in [1.29, 1.82) is 0 Å². The molecule has 0 aliphatic rings. The van der Waals surface area contributed by atoms with Gasteiger partial charge in [-0.3, -0.25) is 0 Å². The molecule has 0 unspecified atom stereocenters. The van der Waals surface area contributed by atoms with E-state index in [0.29, 0.717) is 16.7 Å². The lowest BCUT2D eigenvalue weighted by Gasteiger charge is -2.12. The fraction of sp³-hybridized carbons (Fsp3) is 0.278. The second kappa shape index (κ2) is 9.38. The van der Waals surface area contributed by atoms with Crippen LogP contribution in [0.2, 0.25) is 5.02 Å². The van der Waals surface area contributed by atoms with Gasteiger partial charge in [0.25, 0.3) is 0 Å². The van der Waals surface area contributed by atoms with E-state index in [4.69, 9.17) is 28.6 Å². The molecule has 2 aromatic rings. The number of thiocarbonyl (C=S) groups is 1. The second-order valence-corrected chi connectivity index (χ2v) is 5.88. The van der Waals surface area contributed by atoms with E-state index < -0.39 is 0 Å². The highest BCUT2D eigenvalue weighted by molar-refractivity contribution is 7.80. The fourth-order valence-corrected chi connectivity index (χ4v) is 2.64. The molecular weight excluding hydrogens is 328 g/mol. The maximum absolute atomic E-state index is 5.95. The van der Waals surface area contributed by atoms with Gasteiger partial charge in [-0.05, 0) is 61.8 Å². The number of nitrogens with one attached hydrogen (secondary N) is 2. The first-order valence-corrected chi connectivity index (χ1v) is 8.49. The van der Waals surface area contributed by atoms with Gasteiger partial charge in [0.15, 0.2) is 5.11 Å². The van der Waals surface area contributed by atoms with Crippen LogP contribution >= 0.6 is 23.8 Å². The van der Waals surface area contributed by atoms with Gasteiger partial charge in [0.2, 0.25) is 0 Å². The molecular formula is C18H21ClN2OS. The van der Waals surface area contributed by atoms with Crippen molar-refractivity contribution in [3.63, 3.8) is 0 Å². The Labute approximate surface area is 148 Å². The van der Waals surface area contributed by atoms with Gasteiger partial charge in [0.05, 0.1) is 6.61 Å². The van der Waals surface area contributed by atoms with Crippen LogP contribution in [0.5, 0.6) is 5.75 Å². The quantitative estimate of drug-likeness (QED) is 0.563. The van der Waals surface area contributed by atoms with Crippen molar-refractivity contribution in [2.75, 3.05) is 18.5 Å². The molecule has 0 bridgehead atoms. The molecule has 2 aromatic carbocycles. The Hall–Kier alpha value is -1.78. The van der Waals surface area contributed by atoms with Crippen molar-refractivity contribution in [2.24, 2.45) is 0 Å². The average molecular weight is 349 g/mol. The van der Waals surface area contributed by atoms with Crippen molar-refractivity contribution in [3.05, 3.63) is 59.1 Å². The minimum atomic E-state index is 0.602. The monoisotopic (exact) mass is 348 g/mol. The van der Waals surface area contributed by atoms with Crippen LogP contribution in [0.3, 0.4) is 0 Å². The predicted octanol–water partition coefficient (Wildman–Crippen LogP) is 4.66. The molecule has 0 atom stereocenters. The molecule has 0 aliphatic heterocycles. The molecule has 2 N–H and O–H groups in total. The van der Waals surface area contributed by atoms with Crippen molar-refractivity contribution < 1.29 is 4.74 Å². The summed E-state index contributed by atoms with van der Waals surface area (Å²) in [7, 11) is 0. The Bertz CT molecular complexity index is 648. The fourth-order valence-electron chi connectivity index (χ4n) is 2.23. The average Bonchev–Trinajstić information content (AvgIpc) is 2.53. The van der Waals surface area contributed by atoms with E-state index in [9.17, 15) is 0 Å². The van der Waals surface area contributed by atoms with E-state index in [1.807, 2.05) is 49.4 Å². The number of rotatable bonds is 7. The van der Waals surface area contributed by atoms with Crippen LogP contribution in [-0.2, 0) is 6.42 Å². The summed E-state index contributed by atoms with van der Waals surface area (Å²) in [6.45, 7) is 3.48. The standard InChI is InChI=1S/C18H21ClN2OS/c1-2-22-17-11-4-3-7-14(17)8-6-12-20-18(23)21-16-10-5-9-15(19)13-16/h3-5,7,9-11,13H,2,6,8,12H2,1H3,(H2,20,21,23). The van der Waals surface area contributed by atoms with Crippen LogP contribution in [0, 0.1) is 0 Å². The number of para-hydroxylation sites is 1. The van der Waals surface area contributed by atoms with Crippen LogP contribution in [0.4, 0.5) is 5.69 Å². The molecule has 2 rings (SSSR count). The zero-order valence-corrected chi connectivity index (χ0v) is 14.7. The lowest BCUT2D eigenvalue weighted by atomic mass is 10.1. The van der Waals surface area contributed by atoms with Crippen LogP contribution < -0.4 is 15.4 Å². The summed E-state index contributed by atoms with van der Waals surface area (Å²) >= 11 is 11.2. The highest BCUT2D eigenvalue weighted by Gasteiger charge is 2.03. The van der Waals surface area contributed by atoms with E-state index in [0.717, 1.165) is 30.8 Å². The van der Waals surface area contributed by atoms with Gasteiger partial charge in [-0.1, -0.05) is 35.9 Å². The third kappa shape index (κ3) is 6.08. The Kier molecular flexibility index (Phi) is 7.17. The Balaban J connectivity index is 1.74. The lowest BCUT2D eigenvalue weighted by molar-refractivity contribution is 0.336. The van der Waals surface area contributed by atoms with Crippen LogP contribution in [-0.4, -0.2) is 18.3 Å². The molecule has 0 saturated carbocycles. The highest BCUT2D eigenvalue weighted by atomic mass is 35.5. The SMILES string of the molecule is CCOc1ccccc1CCCNC(=S)Nc1cccc(Cl)c1. The number of aryl methyl sites for hydroxylation is 1. The van der Waals surface area contributed by atoms with Crippen LogP contribution in [0.15, 0.2) is 48.5 Å². The van der Waals surface area contributed by atoms with Gasteiger partial charge in [0.1, 0.15) is 5.75 Å². The van der Waals surface area contributed by atoms with E-state index in [2.05, 4.69) is 16.7 Å². The van der Waals surface area contributed by atoms with Crippen LogP contribution in [0.1, 0.15) is 18.9 Å². The first kappa shape index (κ1) is 17.6. The molecule has 5 heteroatoms. The first-order valence-electron chi connectivity index (χ1n) is 7.70. The number of hydrogen-bond donors (Lipinski definition) is 2. The summed E-state index contributed by atoms with van der Waals surface area (Å²) in [6.07, 6.45) is 1.92. The number of benzene rings is 2. The number of halogens is 1. The van der Waals surface area contributed by atoms with Gasteiger partial charge >= 0.3 is 0 Å². The van der Waals surface area contributed by atoms with Crippen molar-refractivity contribution in [1.82, 2.24) is 5.32 Å². The summed E-state index contributed by atoms with van der Waals surface area (Å²) in [6, 6.07) is 15.6. The molecule has 0 radical (unpaired) electrons. The molecule has 0 spiro atoms. The lowest BCUT2D eigenvalue weighted by Crippen LogP contribution is -2.29. The summed E-state index contributed by atoms with van der Waals surface area (Å²) in [5.41, 5.74) is 2.11. The van der Waals surface area contributed by atoms with E-state index in [1.54, 1.807) is 0 Å². The molecule has 23 heavy (non-hydrogen) atoms. The third-order valence-electron chi connectivity index (χ3n) is 3.26. The van der Waals surface area contributed by atoms with Gasteiger partial charge in [0, 0.05) is 17.3 Å². The molecule has 0 aliphatic carbocycles. The predicted molar refractivity (Wildman–Crippen MR) is 102 cm³/mol. The van der Waals surface area contributed by atoms with Crippen molar-refractivity contribution in [2.45, 2.75) is 19.8 Å². The van der Waals surface area contributed by atoms with Gasteiger partial charge in [-0.15, -0.1) is 0 Å². The maximum atomic E-state index is 5.95. The number of ether oxygens (including phenoxy) is 1. The zero-order valence-electron chi connectivity index (χ0n) is 13.1. The summed E-state index contributed by atoms with van der Waals surface area (Å²) < 4.78 is 5.63. The third-order valence-corrected chi connectivity index (χ3v) is 3.74. The van der Waals surface area contributed by atoms with E-state index >= 15 is 0 Å². The summed E-state index contributed by atoms with van der Waals surface area (Å²) in [5.74, 6) is 0.967. The molecule has 0 aromatic heterocycles. The Morgan fingerprint density at radius 2 is 2.00 bits per heavy atom. The minimum absolute atomic E-state index is 0.602. The van der Waals surface area contributed by atoms with Crippen molar-refractivity contribution in [3.8, 4) is 5.75 Å². The van der Waals surface area contributed by atoms with E-state index in [-0.39, 0.29) is 0 Å². The Morgan fingerprint density at radius 1 is 1.17 bits per heavy atom. The van der Waals surface area contributed by atoms with Gasteiger partial charge < -0.3 is 15.4 Å². The minimum Gasteiger partial charge on any atom is -0.494 e. The van der Waals surface area contributed by atoms with Gasteiger partial charge in [-0.2, -0.15) is 0 Å². The second-order valence-electron chi connectivity index (χ2n) is 5.04. The summed E-state index contributed by atoms with van der Waals surface area (Å²) in [4.78, 5) is 0. The Morgan fingerprint density at radius 3 is 2.78 bits per heavy atom.